The van der Waals surface area contributed by atoms with Crippen LogP contribution in [0.1, 0.15) is 23.6 Å². The van der Waals surface area contributed by atoms with Gasteiger partial charge in [-0.3, -0.25) is 0 Å². The molecule has 0 bridgehead atoms. The zero-order valence-electron chi connectivity index (χ0n) is 10.8. The monoisotopic (exact) mass is 273 g/mol. The smallest absolute Gasteiger partial charge is 0.125 e. The Bertz CT molecular complexity index is 577. The van der Waals surface area contributed by atoms with Gasteiger partial charge in [-0.15, -0.1) is 11.8 Å². The van der Waals surface area contributed by atoms with Crippen molar-refractivity contribution in [1.82, 2.24) is 0 Å². The first-order valence-corrected chi connectivity index (χ1v) is 7.46. The van der Waals surface area contributed by atoms with Crippen molar-refractivity contribution in [3.05, 3.63) is 59.4 Å². The predicted molar refractivity (Wildman–Crippen MR) is 79.3 cm³/mol. The third-order valence-electron chi connectivity index (χ3n) is 3.34. The van der Waals surface area contributed by atoms with Crippen LogP contribution < -0.4 is 5.32 Å². The van der Waals surface area contributed by atoms with E-state index in [0.29, 0.717) is 0 Å². The highest BCUT2D eigenvalue weighted by Gasteiger charge is 2.20. The summed E-state index contributed by atoms with van der Waals surface area (Å²) < 4.78 is 13.4. The van der Waals surface area contributed by atoms with Crippen molar-refractivity contribution < 1.29 is 4.39 Å². The van der Waals surface area contributed by atoms with Gasteiger partial charge in [0.15, 0.2) is 0 Å². The molecule has 0 fully saturated rings. The van der Waals surface area contributed by atoms with Crippen LogP contribution in [0.5, 0.6) is 0 Å². The van der Waals surface area contributed by atoms with E-state index in [9.17, 15) is 4.39 Å². The Labute approximate surface area is 117 Å². The van der Waals surface area contributed by atoms with Gasteiger partial charge in [-0.25, -0.2) is 4.39 Å². The Balaban J connectivity index is 1.88. The number of benzene rings is 2. The highest BCUT2D eigenvalue weighted by Crippen LogP contribution is 2.37. The molecule has 0 saturated carbocycles. The molecule has 1 heterocycles. The Kier molecular flexibility index (Phi) is 3.47. The van der Waals surface area contributed by atoms with Crippen LogP contribution in [0.15, 0.2) is 47.4 Å². The summed E-state index contributed by atoms with van der Waals surface area (Å²) in [5.74, 6) is 0.921. The zero-order valence-corrected chi connectivity index (χ0v) is 11.6. The summed E-state index contributed by atoms with van der Waals surface area (Å²) >= 11 is 1.90. The van der Waals surface area contributed by atoms with Gasteiger partial charge in [0, 0.05) is 16.3 Å². The molecule has 0 aromatic heterocycles. The quantitative estimate of drug-likeness (QED) is 0.844. The topological polar surface area (TPSA) is 12.0 Å². The molecule has 2 aromatic carbocycles. The van der Waals surface area contributed by atoms with Crippen molar-refractivity contribution in [2.45, 2.75) is 24.3 Å². The average Bonchev–Trinajstić information content (AvgIpc) is 2.38. The molecule has 2 aromatic rings. The highest BCUT2D eigenvalue weighted by atomic mass is 32.2. The second kappa shape index (κ2) is 5.25. The molecule has 98 valence electrons. The summed E-state index contributed by atoms with van der Waals surface area (Å²) in [6.07, 6.45) is 1.07. The molecular formula is C16H16FNS. The van der Waals surface area contributed by atoms with E-state index in [4.69, 9.17) is 0 Å². The maximum absolute atomic E-state index is 13.4. The van der Waals surface area contributed by atoms with E-state index in [0.717, 1.165) is 23.4 Å². The van der Waals surface area contributed by atoms with Crippen LogP contribution in [-0.4, -0.2) is 5.75 Å². The van der Waals surface area contributed by atoms with Gasteiger partial charge in [0.2, 0.25) is 0 Å². The molecule has 1 N–H and O–H groups in total. The Morgan fingerprint density at radius 3 is 2.89 bits per heavy atom. The van der Waals surface area contributed by atoms with Crippen LogP contribution in [0.2, 0.25) is 0 Å². The number of nitrogens with one attached hydrogen (secondary N) is 1. The maximum Gasteiger partial charge on any atom is 0.125 e. The number of aryl methyl sites for hydroxylation is 1. The lowest BCUT2D eigenvalue weighted by molar-refractivity contribution is 0.626. The minimum absolute atomic E-state index is 0.180. The van der Waals surface area contributed by atoms with E-state index < -0.39 is 0 Å². The second-order valence-corrected chi connectivity index (χ2v) is 6.03. The van der Waals surface area contributed by atoms with Gasteiger partial charge in [-0.2, -0.15) is 0 Å². The van der Waals surface area contributed by atoms with Crippen molar-refractivity contribution in [3.8, 4) is 0 Å². The van der Waals surface area contributed by atoms with Crippen molar-refractivity contribution in [2.75, 3.05) is 11.1 Å². The van der Waals surface area contributed by atoms with Crippen LogP contribution in [-0.2, 0) is 0 Å². The number of anilines is 1. The van der Waals surface area contributed by atoms with Gasteiger partial charge in [-0.1, -0.05) is 18.2 Å². The minimum Gasteiger partial charge on any atom is -0.378 e. The summed E-state index contributed by atoms with van der Waals surface area (Å²) in [4.78, 5) is 1.33. The predicted octanol–water partition coefficient (Wildman–Crippen LogP) is 4.78. The molecule has 1 atom stereocenters. The molecule has 1 aliphatic heterocycles. The third-order valence-corrected chi connectivity index (χ3v) is 4.46. The molecule has 0 saturated heterocycles. The average molecular weight is 273 g/mol. The molecule has 1 unspecified atom stereocenters. The number of hydrogen-bond acceptors (Lipinski definition) is 2. The first-order valence-electron chi connectivity index (χ1n) is 6.48. The summed E-state index contributed by atoms with van der Waals surface area (Å²) in [5.41, 5.74) is 3.13. The fraction of sp³-hybridized carbons (Fsp3) is 0.250. The van der Waals surface area contributed by atoms with Crippen molar-refractivity contribution >= 4 is 17.4 Å². The van der Waals surface area contributed by atoms with Gasteiger partial charge in [-0.05, 0) is 48.7 Å². The fourth-order valence-corrected chi connectivity index (χ4v) is 3.64. The standard InChI is InChI=1S/C16H16FNS/c1-11-8-12(17)10-13(9-11)18-15-6-7-19-16-5-3-2-4-14(15)16/h2-5,8-10,15,18H,6-7H2,1H3. The first-order chi connectivity index (χ1) is 9.22. The molecule has 3 rings (SSSR count). The fourth-order valence-electron chi connectivity index (χ4n) is 2.51. The van der Waals surface area contributed by atoms with Crippen LogP contribution in [0.25, 0.3) is 0 Å². The molecule has 19 heavy (non-hydrogen) atoms. The van der Waals surface area contributed by atoms with Gasteiger partial charge in [0.1, 0.15) is 5.82 Å². The molecule has 1 aliphatic rings. The Hall–Kier alpha value is -1.48. The van der Waals surface area contributed by atoms with Gasteiger partial charge >= 0.3 is 0 Å². The van der Waals surface area contributed by atoms with Gasteiger partial charge < -0.3 is 5.32 Å². The van der Waals surface area contributed by atoms with Crippen LogP contribution in [0, 0.1) is 12.7 Å². The van der Waals surface area contributed by atoms with E-state index in [1.165, 1.54) is 10.5 Å². The second-order valence-electron chi connectivity index (χ2n) is 4.89. The normalized spacial score (nSPS) is 17.9. The van der Waals surface area contributed by atoms with E-state index in [1.807, 2.05) is 24.8 Å². The molecule has 0 amide bonds. The number of halogens is 1. The summed E-state index contributed by atoms with van der Waals surface area (Å²) in [6, 6.07) is 13.8. The molecule has 0 aliphatic carbocycles. The van der Waals surface area contributed by atoms with Crippen molar-refractivity contribution in [1.29, 1.82) is 0 Å². The highest BCUT2D eigenvalue weighted by molar-refractivity contribution is 7.99. The van der Waals surface area contributed by atoms with Crippen LogP contribution >= 0.6 is 11.8 Å². The minimum atomic E-state index is -0.180. The van der Waals surface area contributed by atoms with E-state index >= 15 is 0 Å². The van der Waals surface area contributed by atoms with E-state index in [1.54, 1.807) is 12.1 Å². The van der Waals surface area contributed by atoms with Crippen LogP contribution in [0.3, 0.4) is 0 Å². The maximum atomic E-state index is 13.4. The summed E-state index contributed by atoms with van der Waals surface area (Å²) in [5, 5.41) is 3.47. The molecule has 0 radical (unpaired) electrons. The number of rotatable bonds is 2. The van der Waals surface area contributed by atoms with Crippen LogP contribution in [0.4, 0.5) is 10.1 Å². The first kappa shape index (κ1) is 12.5. The van der Waals surface area contributed by atoms with Crippen molar-refractivity contribution in [3.63, 3.8) is 0 Å². The number of thioether (sulfide) groups is 1. The largest absolute Gasteiger partial charge is 0.378 e. The lowest BCUT2D eigenvalue weighted by Crippen LogP contribution is -2.16. The molecule has 3 heteroatoms. The Morgan fingerprint density at radius 1 is 1.21 bits per heavy atom. The lowest BCUT2D eigenvalue weighted by atomic mass is 10.0. The summed E-state index contributed by atoms with van der Waals surface area (Å²) in [6.45, 7) is 1.92. The van der Waals surface area contributed by atoms with E-state index in [-0.39, 0.29) is 11.9 Å². The van der Waals surface area contributed by atoms with Gasteiger partial charge in [0.25, 0.3) is 0 Å². The molecule has 1 nitrogen and oxygen atoms in total. The molecule has 0 spiro atoms. The number of fused-ring (bicyclic) bond motifs is 1. The van der Waals surface area contributed by atoms with Gasteiger partial charge in [0.05, 0.1) is 6.04 Å². The zero-order chi connectivity index (χ0) is 13.2. The molecular weight excluding hydrogens is 257 g/mol. The summed E-state index contributed by atoms with van der Waals surface area (Å²) in [7, 11) is 0. The van der Waals surface area contributed by atoms with Crippen molar-refractivity contribution in [2.24, 2.45) is 0 Å². The lowest BCUT2D eigenvalue weighted by Gasteiger charge is -2.27. The number of hydrogen-bond donors (Lipinski definition) is 1. The third kappa shape index (κ3) is 2.76. The Morgan fingerprint density at radius 2 is 2.05 bits per heavy atom. The SMILES string of the molecule is Cc1cc(F)cc(NC2CCSc3ccccc32)c1. The van der Waals surface area contributed by atoms with E-state index in [2.05, 4.69) is 29.6 Å².